The van der Waals surface area contributed by atoms with E-state index >= 15 is 0 Å². The summed E-state index contributed by atoms with van der Waals surface area (Å²) in [6, 6.07) is 0.00567. The lowest BCUT2D eigenvalue weighted by atomic mass is 9.77. The Balaban J connectivity index is 1.92. The van der Waals surface area contributed by atoms with Gasteiger partial charge < -0.3 is 56.7 Å². The molecule has 4 aliphatic heterocycles. The van der Waals surface area contributed by atoms with Gasteiger partial charge in [-0.05, 0) is 101 Å². The fraction of sp³-hybridized carbons (Fsp3) is 0.909. The summed E-state index contributed by atoms with van der Waals surface area (Å²) in [5.74, 6) is -1.60. The number of carbonyl (C=O) groups is 2. The minimum absolute atomic E-state index is 0.00567. The molecule has 0 amide bonds. The summed E-state index contributed by atoms with van der Waals surface area (Å²) in [6.07, 6.45) is -4.22. The van der Waals surface area contributed by atoms with Gasteiger partial charge in [-0.2, -0.15) is 0 Å². The highest BCUT2D eigenvalue weighted by Crippen LogP contribution is 2.49. The lowest BCUT2D eigenvalue weighted by Gasteiger charge is -2.50. The van der Waals surface area contributed by atoms with Crippen molar-refractivity contribution >= 4 is 20.3 Å². The Morgan fingerprint density at radius 1 is 0.881 bits per heavy atom. The number of hydrogen-bond acceptors (Lipinski definition) is 14. The lowest BCUT2D eigenvalue weighted by Crippen LogP contribution is -2.61. The molecule has 342 valence electrons. The molecule has 3 fully saturated rings. The fourth-order valence-corrected chi connectivity index (χ4v) is 11.3. The van der Waals surface area contributed by atoms with Crippen LogP contribution in [0.4, 0.5) is 0 Å². The molecule has 0 saturated carbocycles. The third-order valence-electron chi connectivity index (χ3n) is 13.3. The van der Waals surface area contributed by atoms with Crippen LogP contribution in [0.25, 0.3) is 0 Å². The zero-order valence-electron chi connectivity index (χ0n) is 39.7. The monoisotopic (exact) mass is 858 g/mol. The van der Waals surface area contributed by atoms with E-state index in [1.165, 1.54) is 6.92 Å². The van der Waals surface area contributed by atoms with E-state index in [9.17, 15) is 9.59 Å². The summed E-state index contributed by atoms with van der Waals surface area (Å²) in [5, 5.41) is 0. The standard InChI is InChI=1S/C44H79NO13Si/c1-20-32-44(11)38(58-59(17,18)19)26(4)34(57-44)24(2)22-42(9,49-15)37(56-41-36(48-14)31(45(12)13)21-25(3)51-41)27(5)35(28(6)40(47)54-32)55-33-23-43(10,50-16)39(29(7)52-33)53-30(8)46/h25-29,31-33,35-39,41H,20-23H2,1-19H3/b34-24-/t25-,26+,27+,28-,29+,31+,32-,33?,35+,36-,37-,38+,39+,41+,42-,43-,44?/m1/s1. The summed E-state index contributed by atoms with van der Waals surface area (Å²) < 4.78 is 72.4. The largest absolute Gasteiger partial charge is 0.485 e. The van der Waals surface area contributed by atoms with Gasteiger partial charge in [0.2, 0.25) is 0 Å². The number of fused-ring (bicyclic) bond motifs is 2. The molecule has 0 radical (unpaired) electrons. The topological polar surface area (TPSA) is 139 Å². The van der Waals surface area contributed by atoms with E-state index in [1.54, 1.807) is 21.3 Å². The van der Waals surface area contributed by atoms with Crippen LogP contribution in [-0.4, -0.2) is 145 Å². The minimum Gasteiger partial charge on any atom is -0.485 e. The summed E-state index contributed by atoms with van der Waals surface area (Å²) >= 11 is 0. The molecule has 0 aromatic carbocycles. The van der Waals surface area contributed by atoms with E-state index in [0.717, 1.165) is 17.8 Å². The van der Waals surface area contributed by atoms with Crippen molar-refractivity contribution in [2.75, 3.05) is 35.4 Å². The predicted octanol–water partition coefficient (Wildman–Crippen LogP) is 6.63. The summed E-state index contributed by atoms with van der Waals surface area (Å²) in [4.78, 5) is 29.1. The highest BCUT2D eigenvalue weighted by molar-refractivity contribution is 6.69. The van der Waals surface area contributed by atoms with E-state index in [-0.39, 0.29) is 30.6 Å². The van der Waals surface area contributed by atoms with Gasteiger partial charge in [0.15, 0.2) is 32.6 Å². The van der Waals surface area contributed by atoms with Crippen LogP contribution in [0.5, 0.6) is 0 Å². The number of cyclic esters (lactones) is 1. The molecule has 2 bridgehead atoms. The first kappa shape index (κ1) is 50.0. The van der Waals surface area contributed by atoms with Gasteiger partial charge in [0.25, 0.3) is 0 Å². The molecule has 17 atom stereocenters. The molecule has 4 rings (SSSR count). The van der Waals surface area contributed by atoms with Gasteiger partial charge in [0.05, 0.1) is 42.0 Å². The molecule has 0 N–H and O–H groups in total. The first-order valence-electron chi connectivity index (χ1n) is 21.6. The molecular weight excluding hydrogens is 779 g/mol. The number of methoxy groups -OCH3 is 3. The zero-order valence-corrected chi connectivity index (χ0v) is 40.7. The average molecular weight is 858 g/mol. The number of ether oxygens (including phenoxy) is 10. The zero-order chi connectivity index (χ0) is 44.6. The minimum atomic E-state index is -2.12. The molecule has 59 heavy (non-hydrogen) atoms. The molecule has 0 spiro atoms. The Labute approximate surface area is 356 Å². The molecule has 0 aromatic rings. The number of likely N-dealkylation sites (N-methyl/N-ethyl adjacent to an activating group) is 1. The summed E-state index contributed by atoms with van der Waals surface area (Å²) in [6.45, 7) is 27.7. The third-order valence-corrected chi connectivity index (χ3v) is 14.3. The Morgan fingerprint density at radius 3 is 2.03 bits per heavy atom. The van der Waals surface area contributed by atoms with Gasteiger partial charge in [-0.3, -0.25) is 9.59 Å². The molecular formula is C44H79NO13Si. The van der Waals surface area contributed by atoms with Crippen LogP contribution >= 0.6 is 0 Å². The van der Waals surface area contributed by atoms with Crippen molar-refractivity contribution in [3.05, 3.63) is 11.3 Å². The number of esters is 2. The van der Waals surface area contributed by atoms with Crippen LogP contribution < -0.4 is 0 Å². The molecule has 15 heteroatoms. The van der Waals surface area contributed by atoms with Gasteiger partial charge in [-0.15, -0.1) is 0 Å². The highest BCUT2D eigenvalue weighted by Gasteiger charge is 2.59. The number of hydrogen-bond donors (Lipinski definition) is 0. The van der Waals surface area contributed by atoms with Crippen molar-refractivity contribution in [3.8, 4) is 0 Å². The Bertz CT molecular complexity index is 1470. The average Bonchev–Trinajstić information content (AvgIpc) is 3.40. The maximum Gasteiger partial charge on any atom is 0.311 e. The van der Waals surface area contributed by atoms with Gasteiger partial charge in [-0.25, -0.2) is 0 Å². The number of carbonyl (C=O) groups excluding carboxylic acids is 2. The third kappa shape index (κ3) is 10.8. The first-order chi connectivity index (χ1) is 27.3. The Morgan fingerprint density at radius 2 is 1.51 bits per heavy atom. The van der Waals surface area contributed by atoms with Gasteiger partial charge >= 0.3 is 11.9 Å². The maximum absolute atomic E-state index is 14.8. The molecule has 2 unspecified atom stereocenters. The fourth-order valence-electron chi connectivity index (χ4n) is 10.1. The van der Waals surface area contributed by atoms with Gasteiger partial charge in [0.1, 0.15) is 23.6 Å². The van der Waals surface area contributed by atoms with Crippen LogP contribution in [0.1, 0.15) is 102 Å². The second-order valence-electron chi connectivity index (χ2n) is 19.5. The van der Waals surface area contributed by atoms with Gasteiger partial charge in [-0.1, -0.05) is 20.8 Å². The normalized spacial score (nSPS) is 45.2. The van der Waals surface area contributed by atoms with Crippen molar-refractivity contribution < 1.29 is 61.4 Å². The molecule has 4 heterocycles. The second kappa shape index (κ2) is 19.4. The molecule has 4 aliphatic rings. The number of rotatable bonds is 12. The van der Waals surface area contributed by atoms with Crippen molar-refractivity contribution in [1.82, 2.24) is 4.90 Å². The quantitative estimate of drug-likeness (QED) is 0.153. The van der Waals surface area contributed by atoms with Crippen LogP contribution in [0.2, 0.25) is 19.6 Å². The van der Waals surface area contributed by atoms with E-state index in [2.05, 4.69) is 38.4 Å². The Kier molecular flexibility index (Phi) is 16.4. The summed E-state index contributed by atoms with van der Waals surface area (Å²) in [5.41, 5.74) is -1.98. The predicted molar refractivity (Wildman–Crippen MR) is 225 cm³/mol. The van der Waals surface area contributed by atoms with Crippen LogP contribution in [0.3, 0.4) is 0 Å². The van der Waals surface area contributed by atoms with Crippen LogP contribution in [-0.2, 0) is 61.4 Å². The Hall–Kier alpha value is -1.66. The van der Waals surface area contributed by atoms with Gasteiger partial charge in [0, 0.05) is 59.0 Å². The second-order valence-corrected chi connectivity index (χ2v) is 24.0. The van der Waals surface area contributed by atoms with E-state index in [4.69, 9.17) is 51.8 Å². The molecule has 3 saturated heterocycles. The van der Waals surface area contributed by atoms with E-state index in [0.29, 0.717) is 12.8 Å². The maximum atomic E-state index is 14.8. The smallest absolute Gasteiger partial charge is 0.311 e. The van der Waals surface area contributed by atoms with E-state index in [1.807, 2.05) is 69.5 Å². The van der Waals surface area contributed by atoms with Crippen LogP contribution in [0, 0.1) is 17.8 Å². The van der Waals surface area contributed by atoms with Crippen molar-refractivity contribution in [3.63, 3.8) is 0 Å². The lowest BCUT2D eigenvalue weighted by molar-refractivity contribution is -0.320. The van der Waals surface area contributed by atoms with Crippen molar-refractivity contribution in [2.24, 2.45) is 17.8 Å². The molecule has 14 nitrogen and oxygen atoms in total. The van der Waals surface area contributed by atoms with E-state index < -0.39 is 98.1 Å². The highest BCUT2D eigenvalue weighted by atomic mass is 28.4. The van der Waals surface area contributed by atoms with Crippen molar-refractivity contribution in [1.29, 1.82) is 0 Å². The van der Waals surface area contributed by atoms with Crippen LogP contribution in [0.15, 0.2) is 11.3 Å². The molecule has 0 aromatic heterocycles. The first-order valence-corrected chi connectivity index (χ1v) is 25.1. The number of nitrogens with zero attached hydrogens (tertiary/aromatic N) is 1. The SMILES string of the molecule is CC[C@H]1OC(=O)[C@H](C)[C@@H](OC2C[C@@](C)(OC)[C@@H](OC(C)=O)[C@H](C)O2)[C@H](C)[C@@H](O[C@@H]2O[C@H](C)C[C@H](N(C)C)[C@H]2OC)[C@](C)(OC)C/C(C)=C2\OC1(C)[C@@H](O[Si](C)(C)C)[C@H]2C. The molecule has 0 aliphatic carbocycles. The van der Waals surface area contributed by atoms with Crippen molar-refractivity contribution in [2.45, 2.75) is 206 Å². The summed E-state index contributed by atoms with van der Waals surface area (Å²) in [7, 11) is 6.88.